The average Bonchev–Trinajstić information content (AvgIpc) is 3.10. The predicted octanol–water partition coefficient (Wildman–Crippen LogP) is 3.18. The molecule has 1 N–H and O–H groups in total. The maximum atomic E-state index is 12.2. The van der Waals surface area contributed by atoms with E-state index in [2.05, 4.69) is 39.4 Å². The van der Waals surface area contributed by atoms with Crippen LogP contribution in [0.5, 0.6) is 0 Å². The van der Waals surface area contributed by atoms with Crippen LogP contribution in [0, 0.1) is 26.2 Å². The number of hydrogen-bond donors (Lipinski definition) is 1. The van der Waals surface area contributed by atoms with Crippen molar-refractivity contribution < 1.29 is 4.79 Å². The average molecular weight is 392 g/mol. The molecule has 0 aliphatic rings. The number of terminal acetylenes is 1. The fraction of sp³-hybridized carbons (Fsp3) is 0.238. The van der Waals surface area contributed by atoms with Gasteiger partial charge >= 0.3 is 0 Å². The fourth-order valence-corrected chi connectivity index (χ4v) is 3.66. The number of nitrogens with zero attached hydrogens (tertiary/aromatic N) is 4. The van der Waals surface area contributed by atoms with Crippen LogP contribution in [0.2, 0.25) is 0 Å². The quantitative estimate of drug-likeness (QED) is 0.516. The number of pyridine rings is 1. The summed E-state index contributed by atoms with van der Waals surface area (Å²) in [6.45, 7) is 6.11. The van der Waals surface area contributed by atoms with E-state index in [0.717, 1.165) is 11.3 Å². The van der Waals surface area contributed by atoms with Crippen LogP contribution in [0.4, 0.5) is 0 Å². The van der Waals surface area contributed by atoms with Crippen molar-refractivity contribution in [3.8, 4) is 29.5 Å². The Balaban J connectivity index is 2.05. The summed E-state index contributed by atoms with van der Waals surface area (Å²) in [5.41, 5.74) is 3.93. The minimum atomic E-state index is -0.376. The Morgan fingerprint density at radius 1 is 1.29 bits per heavy atom. The molecule has 0 aliphatic heterocycles. The summed E-state index contributed by atoms with van der Waals surface area (Å²) < 4.78 is 1.95. The Labute approximate surface area is 168 Å². The zero-order chi connectivity index (χ0) is 20.1. The molecular weight excluding hydrogens is 370 g/mol. The van der Waals surface area contributed by atoms with Gasteiger partial charge in [0.05, 0.1) is 17.5 Å². The standard InChI is InChI=1S/C21H21N5OS/c1-5-11-23-20(27)16(4)28-21-25-24-19(17-8-6-7-12-22-17)26(21)18-10-9-14(2)13-15(18)3/h1,6-10,12-13,16H,11H2,2-4H3,(H,23,27). The second-order valence-corrected chi connectivity index (χ2v) is 7.64. The SMILES string of the molecule is C#CCNC(=O)C(C)Sc1nnc(-c2ccccn2)n1-c1ccc(C)cc1C. The van der Waals surface area contributed by atoms with E-state index in [-0.39, 0.29) is 17.7 Å². The van der Waals surface area contributed by atoms with Crippen molar-refractivity contribution in [3.05, 3.63) is 53.7 Å². The number of aromatic nitrogens is 4. The van der Waals surface area contributed by atoms with E-state index in [4.69, 9.17) is 6.42 Å². The normalized spacial score (nSPS) is 11.6. The third-order valence-corrected chi connectivity index (χ3v) is 5.18. The van der Waals surface area contributed by atoms with Crippen molar-refractivity contribution in [1.29, 1.82) is 0 Å². The molecule has 0 saturated heterocycles. The van der Waals surface area contributed by atoms with E-state index < -0.39 is 0 Å². The zero-order valence-electron chi connectivity index (χ0n) is 16.0. The minimum absolute atomic E-state index is 0.141. The predicted molar refractivity (Wildman–Crippen MR) is 111 cm³/mol. The number of amides is 1. The lowest BCUT2D eigenvalue weighted by molar-refractivity contribution is -0.120. The van der Waals surface area contributed by atoms with Gasteiger partial charge in [-0.3, -0.25) is 14.3 Å². The number of carbonyl (C=O) groups is 1. The molecule has 3 rings (SSSR count). The van der Waals surface area contributed by atoms with Gasteiger partial charge in [0.1, 0.15) is 5.69 Å². The third-order valence-electron chi connectivity index (χ3n) is 4.14. The number of aryl methyl sites for hydroxylation is 2. The van der Waals surface area contributed by atoms with Crippen molar-refractivity contribution >= 4 is 17.7 Å². The van der Waals surface area contributed by atoms with Gasteiger partial charge in [-0.05, 0) is 44.5 Å². The lowest BCUT2D eigenvalue weighted by Gasteiger charge is -2.15. The highest BCUT2D eigenvalue weighted by molar-refractivity contribution is 8.00. The van der Waals surface area contributed by atoms with Crippen LogP contribution in [-0.4, -0.2) is 37.5 Å². The first-order chi connectivity index (χ1) is 13.5. The van der Waals surface area contributed by atoms with Crippen LogP contribution in [0.15, 0.2) is 47.8 Å². The lowest BCUT2D eigenvalue weighted by atomic mass is 10.1. The van der Waals surface area contributed by atoms with Gasteiger partial charge in [-0.25, -0.2) is 0 Å². The molecule has 1 atom stereocenters. The molecule has 0 spiro atoms. The summed E-state index contributed by atoms with van der Waals surface area (Å²) in [6, 6.07) is 11.8. The van der Waals surface area contributed by atoms with Crippen LogP contribution in [-0.2, 0) is 4.79 Å². The monoisotopic (exact) mass is 391 g/mol. The molecule has 2 aromatic heterocycles. The molecule has 1 unspecified atom stereocenters. The van der Waals surface area contributed by atoms with Crippen LogP contribution >= 0.6 is 11.8 Å². The summed E-state index contributed by atoms with van der Waals surface area (Å²) in [4.78, 5) is 16.7. The van der Waals surface area contributed by atoms with Gasteiger partial charge in [0.2, 0.25) is 5.91 Å². The van der Waals surface area contributed by atoms with Crippen LogP contribution in [0.25, 0.3) is 17.2 Å². The van der Waals surface area contributed by atoms with E-state index in [9.17, 15) is 4.79 Å². The number of thioether (sulfide) groups is 1. The van der Waals surface area contributed by atoms with Gasteiger partial charge in [0.15, 0.2) is 11.0 Å². The van der Waals surface area contributed by atoms with Gasteiger partial charge in [-0.15, -0.1) is 16.6 Å². The van der Waals surface area contributed by atoms with E-state index in [1.807, 2.05) is 48.7 Å². The Bertz CT molecular complexity index is 1020. The molecule has 6 nitrogen and oxygen atoms in total. The number of hydrogen-bond acceptors (Lipinski definition) is 5. The highest BCUT2D eigenvalue weighted by Gasteiger charge is 2.22. The highest BCUT2D eigenvalue weighted by atomic mass is 32.2. The Morgan fingerprint density at radius 3 is 2.79 bits per heavy atom. The van der Waals surface area contributed by atoms with E-state index in [0.29, 0.717) is 16.7 Å². The Kier molecular flexibility index (Phi) is 6.12. The molecular formula is C21H21N5OS. The highest BCUT2D eigenvalue weighted by Crippen LogP contribution is 2.31. The summed E-state index contributed by atoms with van der Waals surface area (Å²) in [5, 5.41) is 11.7. The molecule has 1 amide bonds. The smallest absolute Gasteiger partial charge is 0.234 e. The van der Waals surface area contributed by atoms with E-state index in [1.165, 1.54) is 17.3 Å². The molecule has 0 aliphatic carbocycles. The Hall–Kier alpha value is -3.11. The van der Waals surface area contributed by atoms with Gasteiger partial charge in [-0.1, -0.05) is 41.4 Å². The van der Waals surface area contributed by atoms with Gasteiger partial charge in [-0.2, -0.15) is 0 Å². The van der Waals surface area contributed by atoms with Crippen molar-refractivity contribution in [2.75, 3.05) is 6.54 Å². The second-order valence-electron chi connectivity index (χ2n) is 6.33. The second kappa shape index (κ2) is 8.72. The summed E-state index contributed by atoms with van der Waals surface area (Å²) in [7, 11) is 0. The number of nitrogens with one attached hydrogen (secondary N) is 1. The molecule has 0 fully saturated rings. The molecule has 0 radical (unpaired) electrons. The summed E-state index contributed by atoms with van der Waals surface area (Å²) >= 11 is 1.33. The molecule has 0 bridgehead atoms. The van der Waals surface area contributed by atoms with Crippen molar-refractivity contribution in [1.82, 2.24) is 25.1 Å². The van der Waals surface area contributed by atoms with Crippen LogP contribution < -0.4 is 5.32 Å². The summed E-state index contributed by atoms with van der Waals surface area (Å²) in [6.07, 6.45) is 6.94. The fourth-order valence-electron chi connectivity index (χ4n) is 2.77. The van der Waals surface area contributed by atoms with Gasteiger partial charge in [0.25, 0.3) is 0 Å². The van der Waals surface area contributed by atoms with Crippen molar-refractivity contribution in [2.24, 2.45) is 0 Å². The first kappa shape index (κ1) is 19.6. The van der Waals surface area contributed by atoms with E-state index in [1.54, 1.807) is 6.20 Å². The van der Waals surface area contributed by atoms with Gasteiger partial charge < -0.3 is 5.32 Å². The first-order valence-electron chi connectivity index (χ1n) is 8.83. The number of rotatable bonds is 6. The van der Waals surface area contributed by atoms with Crippen molar-refractivity contribution in [3.63, 3.8) is 0 Å². The van der Waals surface area contributed by atoms with Gasteiger partial charge in [0, 0.05) is 6.20 Å². The molecule has 3 aromatic rings. The Morgan fingerprint density at radius 2 is 2.11 bits per heavy atom. The number of benzene rings is 1. The molecule has 2 heterocycles. The largest absolute Gasteiger partial charge is 0.344 e. The third kappa shape index (κ3) is 4.24. The van der Waals surface area contributed by atoms with E-state index >= 15 is 0 Å². The molecule has 28 heavy (non-hydrogen) atoms. The molecule has 142 valence electrons. The molecule has 7 heteroatoms. The van der Waals surface area contributed by atoms with Crippen LogP contribution in [0.3, 0.4) is 0 Å². The first-order valence-corrected chi connectivity index (χ1v) is 9.71. The zero-order valence-corrected chi connectivity index (χ0v) is 16.8. The lowest BCUT2D eigenvalue weighted by Crippen LogP contribution is -2.31. The van der Waals surface area contributed by atoms with Crippen LogP contribution in [0.1, 0.15) is 18.1 Å². The maximum Gasteiger partial charge on any atom is 0.234 e. The van der Waals surface area contributed by atoms with Crippen molar-refractivity contribution in [2.45, 2.75) is 31.2 Å². The molecule has 1 aromatic carbocycles. The maximum absolute atomic E-state index is 12.2. The topological polar surface area (TPSA) is 72.7 Å². The minimum Gasteiger partial charge on any atom is -0.344 e. The number of carbonyl (C=O) groups excluding carboxylic acids is 1. The molecule has 0 saturated carbocycles. The summed E-state index contributed by atoms with van der Waals surface area (Å²) in [5.74, 6) is 2.90.